The Labute approximate surface area is 326 Å². The number of esters is 2. The van der Waals surface area contributed by atoms with Gasteiger partial charge in [0.25, 0.3) is 0 Å². The van der Waals surface area contributed by atoms with Crippen LogP contribution in [0.25, 0.3) is 0 Å². The molecule has 9 nitrogen and oxygen atoms in total. The van der Waals surface area contributed by atoms with Crippen molar-refractivity contribution < 1.29 is 37.6 Å². The van der Waals surface area contributed by atoms with Crippen LogP contribution in [0.4, 0.5) is 0 Å². The van der Waals surface area contributed by atoms with Crippen molar-refractivity contribution in [2.45, 2.75) is 225 Å². The van der Waals surface area contributed by atoms with Crippen molar-refractivity contribution in [1.82, 2.24) is 0 Å². The number of phosphoric acid groups is 1. The minimum Gasteiger partial charge on any atom is -0.462 e. The number of unbranched alkanes of at least 4 members (excludes halogenated alkanes) is 27. The smallest absolute Gasteiger partial charge is 0.462 e. The molecule has 0 aliphatic heterocycles. The lowest BCUT2D eigenvalue weighted by atomic mass is 10.0. The van der Waals surface area contributed by atoms with Crippen LogP contribution in [0.1, 0.15) is 219 Å². The Bertz CT molecular complexity index is 886. The lowest BCUT2D eigenvalue weighted by molar-refractivity contribution is -0.161. The van der Waals surface area contributed by atoms with Gasteiger partial charge in [-0.25, -0.2) is 4.57 Å². The topological polar surface area (TPSA) is 134 Å². The summed E-state index contributed by atoms with van der Waals surface area (Å²) in [6.07, 6.45) is 41.0. The highest BCUT2D eigenvalue weighted by Gasteiger charge is 2.26. The van der Waals surface area contributed by atoms with Gasteiger partial charge in [0.1, 0.15) is 6.61 Å². The zero-order valence-electron chi connectivity index (χ0n) is 34.5. The van der Waals surface area contributed by atoms with Crippen molar-refractivity contribution in [1.29, 1.82) is 0 Å². The molecule has 10 heteroatoms. The maximum Gasteiger partial charge on any atom is 0.472 e. The van der Waals surface area contributed by atoms with Gasteiger partial charge in [0.15, 0.2) is 6.10 Å². The zero-order chi connectivity index (χ0) is 38.9. The molecule has 0 aromatic heterocycles. The van der Waals surface area contributed by atoms with E-state index in [9.17, 15) is 19.0 Å². The predicted octanol–water partition coefficient (Wildman–Crippen LogP) is 12.6. The van der Waals surface area contributed by atoms with Gasteiger partial charge in [-0.2, -0.15) is 0 Å². The van der Waals surface area contributed by atoms with Crippen molar-refractivity contribution >= 4 is 19.8 Å². The van der Waals surface area contributed by atoms with Crippen molar-refractivity contribution in [3.63, 3.8) is 0 Å². The molecule has 0 aliphatic rings. The quantitative estimate of drug-likeness (QED) is 0.0269. The van der Waals surface area contributed by atoms with Gasteiger partial charge < -0.3 is 20.1 Å². The number of hydrogen-bond donors (Lipinski definition) is 2. The number of ether oxygens (including phenoxy) is 2. The van der Waals surface area contributed by atoms with Gasteiger partial charge in [-0.05, 0) is 38.5 Å². The van der Waals surface area contributed by atoms with Crippen molar-refractivity contribution in [2.24, 2.45) is 5.73 Å². The molecule has 314 valence electrons. The highest BCUT2D eigenvalue weighted by atomic mass is 31.2. The maximum absolute atomic E-state index is 12.5. The summed E-state index contributed by atoms with van der Waals surface area (Å²) in [6, 6.07) is 0. The Morgan fingerprint density at radius 2 is 0.925 bits per heavy atom. The number of rotatable bonds is 42. The predicted molar refractivity (Wildman–Crippen MR) is 220 cm³/mol. The Hall–Kier alpha value is -1.25. The first-order valence-corrected chi connectivity index (χ1v) is 23.7. The van der Waals surface area contributed by atoms with Gasteiger partial charge in [-0.1, -0.05) is 180 Å². The van der Waals surface area contributed by atoms with Gasteiger partial charge >= 0.3 is 19.8 Å². The third-order valence-corrected chi connectivity index (χ3v) is 10.6. The molecule has 0 aromatic carbocycles. The molecule has 0 radical (unpaired) electrons. The summed E-state index contributed by atoms with van der Waals surface area (Å²) in [4.78, 5) is 34.8. The summed E-state index contributed by atoms with van der Waals surface area (Å²) in [5, 5.41) is 0. The number of hydrogen-bond acceptors (Lipinski definition) is 8. The molecule has 0 aliphatic carbocycles. The molecule has 0 saturated heterocycles. The highest BCUT2D eigenvalue weighted by Crippen LogP contribution is 2.43. The van der Waals surface area contributed by atoms with E-state index in [1.165, 1.54) is 128 Å². The van der Waals surface area contributed by atoms with Gasteiger partial charge in [-0.3, -0.25) is 18.6 Å². The molecule has 0 saturated carbocycles. The summed E-state index contributed by atoms with van der Waals surface area (Å²) in [6.45, 7) is 3.73. The average Bonchev–Trinajstić information content (AvgIpc) is 3.14. The van der Waals surface area contributed by atoms with Crippen LogP contribution < -0.4 is 5.73 Å². The first kappa shape index (κ1) is 51.8. The second kappa shape index (κ2) is 40.4. The Balaban J connectivity index is 4.04. The number of carbonyl (C=O) groups is 2. The van der Waals surface area contributed by atoms with Gasteiger partial charge in [-0.15, -0.1) is 0 Å². The largest absolute Gasteiger partial charge is 0.472 e. The number of phosphoric ester groups is 1. The highest BCUT2D eigenvalue weighted by molar-refractivity contribution is 7.47. The molecule has 0 heterocycles. The maximum atomic E-state index is 12.5. The molecule has 0 amide bonds. The SMILES string of the molecule is CCCCC/C=C/CCCCCCCC(=O)O[C@H](COC(=O)CCCCCCCCCCCCCCCCCCCCCC)COP(=O)(O)OCCN. The van der Waals surface area contributed by atoms with E-state index < -0.39 is 26.5 Å². The van der Waals surface area contributed by atoms with Crippen molar-refractivity contribution in [3.05, 3.63) is 12.2 Å². The van der Waals surface area contributed by atoms with E-state index in [1.807, 2.05) is 0 Å². The van der Waals surface area contributed by atoms with E-state index in [0.29, 0.717) is 6.42 Å². The van der Waals surface area contributed by atoms with Crippen LogP contribution in [0.2, 0.25) is 0 Å². The van der Waals surface area contributed by atoms with Crippen molar-refractivity contribution in [3.8, 4) is 0 Å². The Kier molecular flexibility index (Phi) is 39.5. The third-order valence-electron chi connectivity index (χ3n) is 9.65. The molecule has 2 atom stereocenters. The van der Waals surface area contributed by atoms with Gasteiger partial charge in [0, 0.05) is 19.4 Å². The summed E-state index contributed by atoms with van der Waals surface area (Å²) in [5.74, 6) is -0.829. The fourth-order valence-electron chi connectivity index (χ4n) is 6.34. The molecule has 0 spiro atoms. The Morgan fingerprint density at radius 1 is 0.547 bits per heavy atom. The molecule has 0 aromatic rings. The lowest BCUT2D eigenvalue weighted by Gasteiger charge is -2.19. The summed E-state index contributed by atoms with van der Waals surface area (Å²) in [5.41, 5.74) is 5.34. The van der Waals surface area contributed by atoms with Crippen LogP contribution >= 0.6 is 7.82 Å². The molecule has 53 heavy (non-hydrogen) atoms. The average molecular weight is 774 g/mol. The third kappa shape index (κ3) is 40.2. The summed E-state index contributed by atoms with van der Waals surface area (Å²) in [7, 11) is -4.37. The number of carbonyl (C=O) groups excluding carboxylic acids is 2. The van der Waals surface area contributed by atoms with Crippen LogP contribution in [-0.4, -0.2) is 49.3 Å². The van der Waals surface area contributed by atoms with Gasteiger partial charge in [0.2, 0.25) is 0 Å². The molecule has 1 unspecified atom stereocenters. The normalized spacial score (nSPS) is 13.4. The van der Waals surface area contributed by atoms with E-state index in [4.69, 9.17) is 24.3 Å². The standard InChI is InChI=1S/C43H84NO8P/c1-3-5-7-9-11-13-15-17-18-19-20-21-22-23-24-26-27-29-31-33-35-42(45)49-39-41(40-51-53(47,48)50-38-37-44)52-43(46)36-34-32-30-28-25-16-14-12-10-8-6-4-2/h12,14,41H,3-11,13,15-40,44H2,1-2H3,(H,47,48)/b14-12+/t41-/m1/s1. The molecule has 0 bridgehead atoms. The molecular formula is C43H84NO8P. The number of allylic oxidation sites excluding steroid dienone is 2. The first-order chi connectivity index (χ1) is 25.8. The van der Waals surface area contributed by atoms with Crippen LogP contribution in [0.5, 0.6) is 0 Å². The summed E-state index contributed by atoms with van der Waals surface area (Å²) >= 11 is 0. The van der Waals surface area contributed by atoms with Crippen LogP contribution in [0, 0.1) is 0 Å². The van der Waals surface area contributed by atoms with Crippen molar-refractivity contribution in [2.75, 3.05) is 26.4 Å². The minimum atomic E-state index is -4.37. The fraction of sp³-hybridized carbons (Fsp3) is 0.907. The van der Waals surface area contributed by atoms with E-state index in [0.717, 1.165) is 57.8 Å². The van der Waals surface area contributed by atoms with E-state index in [2.05, 4.69) is 26.0 Å². The first-order valence-electron chi connectivity index (χ1n) is 22.2. The zero-order valence-corrected chi connectivity index (χ0v) is 35.4. The van der Waals surface area contributed by atoms with Crippen LogP contribution in [0.15, 0.2) is 12.2 Å². The number of nitrogens with two attached hydrogens (primary N) is 1. The van der Waals surface area contributed by atoms with E-state index in [-0.39, 0.29) is 38.6 Å². The lowest BCUT2D eigenvalue weighted by Crippen LogP contribution is -2.29. The van der Waals surface area contributed by atoms with Crippen LogP contribution in [0.3, 0.4) is 0 Å². The Morgan fingerprint density at radius 3 is 1.38 bits per heavy atom. The fourth-order valence-corrected chi connectivity index (χ4v) is 7.10. The van der Waals surface area contributed by atoms with E-state index >= 15 is 0 Å². The van der Waals surface area contributed by atoms with Crippen LogP contribution in [-0.2, 0) is 32.7 Å². The monoisotopic (exact) mass is 774 g/mol. The van der Waals surface area contributed by atoms with E-state index in [1.54, 1.807) is 0 Å². The molecular weight excluding hydrogens is 689 g/mol. The second-order valence-electron chi connectivity index (χ2n) is 14.9. The molecule has 0 fully saturated rings. The molecule has 0 rings (SSSR count). The second-order valence-corrected chi connectivity index (χ2v) is 16.4. The summed E-state index contributed by atoms with van der Waals surface area (Å²) < 4.78 is 32.7. The molecule has 3 N–H and O–H groups in total. The minimum absolute atomic E-state index is 0.0548. The van der Waals surface area contributed by atoms with Gasteiger partial charge in [0.05, 0.1) is 13.2 Å².